The summed E-state index contributed by atoms with van der Waals surface area (Å²) in [5.74, 6) is 0.188. The molecule has 1 saturated heterocycles. The minimum atomic E-state index is -3.73. The van der Waals surface area contributed by atoms with Crippen LogP contribution in [0.3, 0.4) is 0 Å². The third kappa shape index (κ3) is 3.40. The summed E-state index contributed by atoms with van der Waals surface area (Å²) in [7, 11) is -3.73. The summed E-state index contributed by atoms with van der Waals surface area (Å²) in [5.41, 5.74) is 7.89. The van der Waals surface area contributed by atoms with E-state index in [-0.39, 0.29) is 10.8 Å². The van der Waals surface area contributed by atoms with Gasteiger partial charge in [0.2, 0.25) is 0 Å². The second kappa shape index (κ2) is 7.56. The number of para-hydroxylation sites is 1. The van der Waals surface area contributed by atoms with Crippen molar-refractivity contribution in [1.82, 2.24) is 4.90 Å². The van der Waals surface area contributed by atoms with E-state index in [2.05, 4.69) is 0 Å². The Balaban J connectivity index is 1.63. The predicted octanol–water partition coefficient (Wildman–Crippen LogP) is 2.25. The lowest BCUT2D eigenvalue weighted by Gasteiger charge is -2.30. The highest BCUT2D eigenvalue weighted by atomic mass is 32.2. The molecule has 1 amide bonds. The number of anilines is 1. The Labute approximate surface area is 166 Å². The van der Waals surface area contributed by atoms with E-state index in [9.17, 15) is 13.2 Å². The number of likely N-dealkylation sites (tertiary alicyclic amines) is 1. The summed E-state index contributed by atoms with van der Waals surface area (Å²) < 4.78 is 28.1. The second-order valence-corrected chi connectivity index (χ2v) is 9.34. The zero-order chi connectivity index (χ0) is 19.7. The lowest BCUT2D eigenvalue weighted by atomic mass is 10.0. The molecule has 2 aromatic carbocycles. The highest BCUT2D eigenvalue weighted by molar-refractivity contribution is 7.92. The van der Waals surface area contributed by atoms with Gasteiger partial charge in [-0.15, -0.1) is 0 Å². The zero-order valence-corrected chi connectivity index (χ0v) is 16.6. The SMILES string of the molecule is NCC1CCN(C(=O)c2cccc(S(=O)(=O)N3CCCc4ccccc43)c2)C1. The molecule has 0 aromatic heterocycles. The fraction of sp³-hybridized carbons (Fsp3) is 0.381. The van der Waals surface area contributed by atoms with Crippen LogP contribution in [-0.4, -0.2) is 45.4 Å². The van der Waals surface area contributed by atoms with Crippen molar-refractivity contribution in [3.8, 4) is 0 Å². The molecule has 148 valence electrons. The third-order valence-electron chi connectivity index (χ3n) is 5.64. The van der Waals surface area contributed by atoms with Gasteiger partial charge >= 0.3 is 0 Å². The van der Waals surface area contributed by atoms with Crippen LogP contribution in [0.4, 0.5) is 5.69 Å². The molecule has 4 rings (SSSR count). The van der Waals surface area contributed by atoms with Crippen molar-refractivity contribution in [2.45, 2.75) is 24.2 Å². The van der Waals surface area contributed by atoms with Gasteiger partial charge in [-0.2, -0.15) is 0 Å². The van der Waals surface area contributed by atoms with Crippen molar-refractivity contribution in [3.05, 3.63) is 59.7 Å². The Morgan fingerprint density at radius 2 is 1.93 bits per heavy atom. The molecule has 0 saturated carbocycles. The monoisotopic (exact) mass is 399 g/mol. The van der Waals surface area contributed by atoms with Crippen molar-refractivity contribution < 1.29 is 13.2 Å². The van der Waals surface area contributed by atoms with Crippen LogP contribution in [0, 0.1) is 5.92 Å². The van der Waals surface area contributed by atoms with Gasteiger partial charge in [0.15, 0.2) is 0 Å². The van der Waals surface area contributed by atoms with Gasteiger partial charge in [0.1, 0.15) is 0 Å². The number of carbonyl (C=O) groups excluding carboxylic acids is 1. The molecule has 6 nitrogen and oxygen atoms in total. The molecular formula is C21H25N3O3S. The number of carbonyl (C=O) groups is 1. The maximum absolute atomic E-state index is 13.3. The maximum atomic E-state index is 13.3. The molecule has 0 bridgehead atoms. The van der Waals surface area contributed by atoms with Gasteiger partial charge in [-0.1, -0.05) is 24.3 Å². The summed E-state index contributed by atoms with van der Waals surface area (Å²) in [6.07, 6.45) is 2.55. The topological polar surface area (TPSA) is 83.7 Å². The molecule has 28 heavy (non-hydrogen) atoms. The minimum Gasteiger partial charge on any atom is -0.338 e. The van der Waals surface area contributed by atoms with Gasteiger partial charge in [-0.3, -0.25) is 9.10 Å². The number of aryl methyl sites for hydroxylation is 1. The van der Waals surface area contributed by atoms with Crippen molar-refractivity contribution >= 4 is 21.6 Å². The molecule has 0 aliphatic carbocycles. The summed E-state index contributed by atoms with van der Waals surface area (Å²) >= 11 is 0. The van der Waals surface area contributed by atoms with Crippen molar-refractivity contribution in [2.24, 2.45) is 11.7 Å². The molecular weight excluding hydrogens is 374 g/mol. The number of amides is 1. The van der Waals surface area contributed by atoms with Crippen LogP contribution >= 0.6 is 0 Å². The molecule has 1 fully saturated rings. The normalized spacial score (nSPS) is 19.5. The Kier molecular flexibility index (Phi) is 5.12. The van der Waals surface area contributed by atoms with Crippen LogP contribution in [0.1, 0.15) is 28.8 Å². The summed E-state index contributed by atoms with van der Waals surface area (Å²) in [6, 6.07) is 14.0. The highest BCUT2D eigenvalue weighted by Gasteiger charge is 2.30. The Morgan fingerprint density at radius 1 is 1.11 bits per heavy atom. The van der Waals surface area contributed by atoms with E-state index < -0.39 is 10.0 Å². The fourth-order valence-electron chi connectivity index (χ4n) is 4.06. The Morgan fingerprint density at radius 3 is 2.71 bits per heavy atom. The number of nitrogens with zero attached hydrogens (tertiary/aromatic N) is 2. The number of fused-ring (bicyclic) bond motifs is 1. The van der Waals surface area contributed by atoms with E-state index in [1.807, 2.05) is 24.3 Å². The quantitative estimate of drug-likeness (QED) is 0.855. The van der Waals surface area contributed by atoms with E-state index in [1.54, 1.807) is 23.1 Å². The first kappa shape index (κ1) is 19.0. The zero-order valence-electron chi connectivity index (χ0n) is 15.8. The number of nitrogens with two attached hydrogens (primary N) is 1. The van der Waals surface area contributed by atoms with Gasteiger partial charge in [0, 0.05) is 25.2 Å². The largest absolute Gasteiger partial charge is 0.338 e. The fourth-order valence-corrected chi connectivity index (χ4v) is 5.65. The van der Waals surface area contributed by atoms with Crippen LogP contribution in [-0.2, 0) is 16.4 Å². The summed E-state index contributed by atoms with van der Waals surface area (Å²) in [4.78, 5) is 14.8. The first-order valence-electron chi connectivity index (χ1n) is 9.71. The second-order valence-electron chi connectivity index (χ2n) is 7.48. The smallest absolute Gasteiger partial charge is 0.264 e. The van der Waals surface area contributed by atoms with Gasteiger partial charge in [0.05, 0.1) is 10.6 Å². The van der Waals surface area contributed by atoms with E-state index in [0.29, 0.717) is 37.7 Å². The van der Waals surface area contributed by atoms with Crippen molar-refractivity contribution in [2.75, 3.05) is 30.5 Å². The van der Waals surface area contributed by atoms with Crippen LogP contribution in [0.25, 0.3) is 0 Å². The molecule has 2 aliphatic rings. The highest BCUT2D eigenvalue weighted by Crippen LogP contribution is 2.32. The number of rotatable bonds is 4. The van der Waals surface area contributed by atoms with Crippen molar-refractivity contribution in [3.63, 3.8) is 0 Å². The minimum absolute atomic E-state index is 0.132. The molecule has 2 heterocycles. The first-order chi connectivity index (χ1) is 13.5. The molecule has 2 aromatic rings. The average molecular weight is 400 g/mol. The number of hydrogen-bond acceptors (Lipinski definition) is 4. The van der Waals surface area contributed by atoms with Crippen LogP contribution in [0.5, 0.6) is 0 Å². The van der Waals surface area contributed by atoms with Crippen LogP contribution in [0.2, 0.25) is 0 Å². The molecule has 2 aliphatic heterocycles. The predicted molar refractivity (Wildman–Crippen MR) is 109 cm³/mol. The Hall–Kier alpha value is -2.38. The molecule has 2 N–H and O–H groups in total. The lowest BCUT2D eigenvalue weighted by molar-refractivity contribution is 0.0787. The maximum Gasteiger partial charge on any atom is 0.264 e. The lowest BCUT2D eigenvalue weighted by Crippen LogP contribution is -2.35. The third-order valence-corrected chi connectivity index (χ3v) is 7.45. The van der Waals surface area contributed by atoms with E-state index in [4.69, 9.17) is 5.73 Å². The van der Waals surface area contributed by atoms with Gasteiger partial charge in [0.25, 0.3) is 15.9 Å². The van der Waals surface area contributed by atoms with Crippen LogP contribution in [0.15, 0.2) is 53.4 Å². The number of hydrogen-bond donors (Lipinski definition) is 1. The van der Waals surface area contributed by atoms with E-state index >= 15 is 0 Å². The van der Waals surface area contributed by atoms with Gasteiger partial charge < -0.3 is 10.6 Å². The van der Waals surface area contributed by atoms with Crippen LogP contribution < -0.4 is 10.0 Å². The summed E-state index contributed by atoms with van der Waals surface area (Å²) in [6.45, 7) is 2.30. The van der Waals surface area contributed by atoms with Crippen molar-refractivity contribution in [1.29, 1.82) is 0 Å². The molecule has 7 heteroatoms. The number of sulfonamides is 1. The Bertz CT molecular complexity index is 990. The molecule has 1 atom stereocenters. The first-order valence-corrected chi connectivity index (χ1v) is 11.1. The summed E-state index contributed by atoms with van der Waals surface area (Å²) in [5, 5.41) is 0. The van der Waals surface area contributed by atoms with Gasteiger partial charge in [-0.05, 0) is 61.6 Å². The standard InChI is InChI=1S/C21H25N3O3S/c22-14-16-10-12-23(15-16)21(25)18-6-3-8-19(13-18)28(26,27)24-11-4-7-17-5-1-2-9-20(17)24/h1-3,5-6,8-9,13,16H,4,7,10-12,14-15,22H2. The number of benzene rings is 2. The molecule has 0 radical (unpaired) electrons. The molecule has 1 unspecified atom stereocenters. The average Bonchev–Trinajstić information content (AvgIpc) is 3.22. The van der Waals surface area contributed by atoms with E-state index in [1.165, 1.54) is 10.4 Å². The van der Waals surface area contributed by atoms with Gasteiger partial charge in [-0.25, -0.2) is 8.42 Å². The van der Waals surface area contributed by atoms with E-state index in [0.717, 1.165) is 30.5 Å². The molecule has 0 spiro atoms.